The largest absolute Gasteiger partial charge is 0.494 e. The van der Waals surface area contributed by atoms with Gasteiger partial charge in [-0.25, -0.2) is 4.98 Å². The minimum Gasteiger partial charge on any atom is -0.494 e. The second kappa shape index (κ2) is 10.1. The van der Waals surface area contributed by atoms with Crippen molar-refractivity contribution in [1.29, 1.82) is 0 Å². The standard InChI is InChI=1S/C16H21N3OS.2ClH/c1-2-20-14-5-3-13(4-6-14)15-12-21-16(18-15)11-19-9-7-17-8-10-19;;/h3-6,12,17H,2,7-11H2,1H3;2*1H. The molecule has 128 valence electrons. The first-order chi connectivity index (χ1) is 10.3. The number of rotatable bonds is 5. The topological polar surface area (TPSA) is 37.4 Å². The van der Waals surface area contributed by atoms with Crippen LogP contribution in [0.4, 0.5) is 0 Å². The highest BCUT2D eigenvalue weighted by molar-refractivity contribution is 7.09. The second-order valence-corrected chi connectivity index (χ2v) is 6.05. The normalized spacial score (nSPS) is 14.7. The number of piperazine rings is 1. The Morgan fingerprint density at radius 3 is 2.52 bits per heavy atom. The Bertz CT molecular complexity index is 571. The van der Waals surface area contributed by atoms with Crippen LogP contribution in [0.15, 0.2) is 29.6 Å². The smallest absolute Gasteiger partial charge is 0.119 e. The summed E-state index contributed by atoms with van der Waals surface area (Å²) in [5, 5.41) is 6.72. The molecule has 1 saturated heterocycles. The van der Waals surface area contributed by atoms with Crippen molar-refractivity contribution in [3.63, 3.8) is 0 Å². The minimum atomic E-state index is 0. The Balaban J connectivity index is 0.00000132. The van der Waals surface area contributed by atoms with E-state index >= 15 is 0 Å². The van der Waals surface area contributed by atoms with E-state index in [0.717, 1.165) is 49.7 Å². The van der Waals surface area contributed by atoms with E-state index in [4.69, 9.17) is 9.72 Å². The quantitative estimate of drug-likeness (QED) is 0.867. The molecule has 1 N–H and O–H groups in total. The zero-order chi connectivity index (χ0) is 14.5. The van der Waals surface area contributed by atoms with Gasteiger partial charge in [0.05, 0.1) is 18.8 Å². The number of benzene rings is 1. The number of thiazole rings is 1. The van der Waals surface area contributed by atoms with Gasteiger partial charge in [-0.3, -0.25) is 4.90 Å². The molecule has 2 aromatic rings. The molecule has 0 aliphatic carbocycles. The lowest BCUT2D eigenvalue weighted by atomic mass is 10.2. The highest BCUT2D eigenvalue weighted by atomic mass is 35.5. The van der Waals surface area contributed by atoms with Gasteiger partial charge in [0.2, 0.25) is 0 Å². The molecular weight excluding hydrogens is 353 g/mol. The third kappa shape index (κ3) is 5.62. The van der Waals surface area contributed by atoms with Crippen LogP contribution in [0.1, 0.15) is 11.9 Å². The minimum absolute atomic E-state index is 0. The number of nitrogens with one attached hydrogen (secondary N) is 1. The summed E-state index contributed by atoms with van der Waals surface area (Å²) in [6.07, 6.45) is 0. The van der Waals surface area contributed by atoms with Crippen LogP contribution in [0.25, 0.3) is 11.3 Å². The van der Waals surface area contributed by atoms with Crippen molar-refractivity contribution in [2.24, 2.45) is 0 Å². The second-order valence-electron chi connectivity index (χ2n) is 5.11. The molecule has 0 radical (unpaired) electrons. The summed E-state index contributed by atoms with van der Waals surface area (Å²) in [6.45, 7) is 8.04. The first-order valence-corrected chi connectivity index (χ1v) is 8.34. The van der Waals surface area contributed by atoms with Crippen molar-refractivity contribution in [3.8, 4) is 17.0 Å². The molecule has 1 fully saturated rings. The van der Waals surface area contributed by atoms with Crippen molar-refractivity contribution in [3.05, 3.63) is 34.7 Å². The van der Waals surface area contributed by atoms with Gasteiger partial charge in [-0.05, 0) is 31.2 Å². The maximum absolute atomic E-state index is 5.47. The van der Waals surface area contributed by atoms with Crippen LogP contribution < -0.4 is 10.1 Å². The van der Waals surface area contributed by atoms with Gasteiger partial charge in [0.15, 0.2) is 0 Å². The Hall–Kier alpha value is -0.850. The van der Waals surface area contributed by atoms with E-state index in [1.165, 1.54) is 5.01 Å². The molecule has 0 spiro atoms. The summed E-state index contributed by atoms with van der Waals surface area (Å²) in [6, 6.07) is 8.17. The fourth-order valence-corrected chi connectivity index (χ4v) is 3.31. The number of hydrogen-bond donors (Lipinski definition) is 1. The van der Waals surface area contributed by atoms with Crippen LogP contribution in [-0.4, -0.2) is 42.7 Å². The fraction of sp³-hybridized carbons (Fsp3) is 0.438. The summed E-state index contributed by atoms with van der Waals surface area (Å²) in [7, 11) is 0. The van der Waals surface area contributed by atoms with E-state index in [1.54, 1.807) is 11.3 Å². The van der Waals surface area contributed by atoms with Gasteiger partial charge in [-0.15, -0.1) is 36.2 Å². The average molecular weight is 376 g/mol. The zero-order valence-corrected chi connectivity index (χ0v) is 15.6. The molecule has 0 saturated carbocycles. The van der Waals surface area contributed by atoms with Gasteiger partial charge >= 0.3 is 0 Å². The lowest BCUT2D eigenvalue weighted by Gasteiger charge is -2.26. The molecule has 0 unspecified atom stereocenters. The summed E-state index contributed by atoms with van der Waals surface area (Å²) < 4.78 is 5.47. The van der Waals surface area contributed by atoms with Crippen LogP contribution >= 0.6 is 36.2 Å². The van der Waals surface area contributed by atoms with Gasteiger partial charge < -0.3 is 10.1 Å². The first kappa shape index (κ1) is 20.2. The molecule has 0 atom stereocenters. The summed E-state index contributed by atoms with van der Waals surface area (Å²) in [5.41, 5.74) is 2.22. The summed E-state index contributed by atoms with van der Waals surface area (Å²) >= 11 is 1.75. The van der Waals surface area contributed by atoms with Crippen LogP contribution in [0.2, 0.25) is 0 Å². The monoisotopic (exact) mass is 375 g/mol. The third-order valence-electron chi connectivity index (χ3n) is 3.58. The zero-order valence-electron chi connectivity index (χ0n) is 13.2. The van der Waals surface area contributed by atoms with Gasteiger partial charge in [-0.2, -0.15) is 0 Å². The van der Waals surface area contributed by atoms with Gasteiger partial charge in [0, 0.05) is 37.1 Å². The van der Waals surface area contributed by atoms with Crippen molar-refractivity contribution < 1.29 is 4.74 Å². The van der Waals surface area contributed by atoms with Crippen LogP contribution in [-0.2, 0) is 6.54 Å². The average Bonchev–Trinajstić information content (AvgIpc) is 2.98. The fourth-order valence-electron chi connectivity index (χ4n) is 2.47. The molecule has 7 heteroatoms. The predicted molar refractivity (Wildman–Crippen MR) is 101 cm³/mol. The summed E-state index contributed by atoms with van der Waals surface area (Å²) in [4.78, 5) is 7.22. The Morgan fingerprint density at radius 2 is 1.87 bits per heavy atom. The molecule has 23 heavy (non-hydrogen) atoms. The van der Waals surface area contributed by atoms with Crippen LogP contribution in [0.3, 0.4) is 0 Å². The van der Waals surface area contributed by atoms with E-state index < -0.39 is 0 Å². The highest BCUT2D eigenvalue weighted by Gasteiger charge is 2.12. The SMILES string of the molecule is CCOc1ccc(-c2csc(CN3CCNCC3)n2)cc1.Cl.Cl. The number of nitrogens with zero attached hydrogens (tertiary/aromatic N) is 2. The molecular formula is C16H23Cl2N3OS. The Morgan fingerprint density at radius 1 is 1.17 bits per heavy atom. The van der Waals surface area contributed by atoms with E-state index in [1.807, 2.05) is 19.1 Å². The lowest BCUT2D eigenvalue weighted by molar-refractivity contribution is 0.233. The predicted octanol–water partition coefficient (Wildman–Crippen LogP) is 3.46. The van der Waals surface area contributed by atoms with E-state index in [2.05, 4.69) is 27.7 Å². The molecule has 0 bridgehead atoms. The molecule has 2 heterocycles. The Kier molecular flexibility index (Phi) is 8.87. The lowest BCUT2D eigenvalue weighted by Crippen LogP contribution is -2.42. The number of hydrogen-bond acceptors (Lipinski definition) is 5. The molecule has 1 aromatic heterocycles. The maximum Gasteiger partial charge on any atom is 0.119 e. The van der Waals surface area contributed by atoms with Gasteiger partial charge in [-0.1, -0.05) is 0 Å². The van der Waals surface area contributed by atoms with E-state index in [0.29, 0.717) is 6.61 Å². The van der Waals surface area contributed by atoms with Crippen molar-refractivity contribution in [2.45, 2.75) is 13.5 Å². The third-order valence-corrected chi connectivity index (χ3v) is 4.41. The Labute approximate surface area is 154 Å². The molecule has 0 amide bonds. The maximum atomic E-state index is 5.47. The van der Waals surface area contributed by atoms with Crippen LogP contribution in [0.5, 0.6) is 5.75 Å². The number of halogens is 2. The molecule has 1 aliphatic rings. The van der Waals surface area contributed by atoms with Gasteiger partial charge in [0.1, 0.15) is 10.8 Å². The van der Waals surface area contributed by atoms with E-state index in [-0.39, 0.29) is 24.8 Å². The summed E-state index contributed by atoms with van der Waals surface area (Å²) in [5.74, 6) is 0.914. The highest BCUT2D eigenvalue weighted by Crippen LogP contribution is 2.24. The molecule has 3 rings (SSSR count). The van der Waals surface area contributed by atoms with E-state index in [9.17, 15) is 0 Å². The molecule has 1 aliphatic heterocycles. The van der Waals surface area contributed by atoms with Crippen LogP contribution in [0, 0.1) is 0 Å². The molecule has 1 aromatic carbocycles. The molecule has 4 nitrogen and oxygen atoms in total. The van der Waals surface area contributed by atoms with Crippen molar-refractivity contribution in [1.82, 2.24) is 15.2 Å². The number of aromatic nitrogens is 1. The van der Waals surface area contributed by atoms with Crippen molar-refractivity contribution in [2.75, 3.05) is 32.8 Å². The first-order valence-electron chi connectivity index (χ1n) is 7.46. The number of ether oxygens (including phenoxy) is 1. The van der Waals surface area contributed by atoms with Gasteiger partial charge in [0.25, 0.3) is 0 Å². The van der Waals surface area contributed by atoms with Crippen molar-refractivity contribution >= 4 is 36.2 Å².